The minimum absolute atomic E-state index is 0.629. The molecule has 0 aliphatic heterocycles. The Morgan fingerprint density at radius 2 is 0.780 bits per heavy atom. The van der Waals surface area contributed by atoms with Crippen LogP contribution in [0.25, 0.3) is 43.8 Å². The van der Waals surface area contributed by atoms with E-state index >= 15 is 0 Å². The number of anilines is 6. The van der Waals surface area contributed by atoms with Gasteiger partial charge in [0.05, 0.1) is 16.8 Å². The molecule has 1 spiro atoms. The van der Waals surface area contributed by atoms with Crippen molar-refractivity contribution in [3.8, 4) is 22.3 Å². The van der Waals surface area contributed by atoms with Crippen LogP contribution < -0.4 is 9.80 Å². The molecule has 0 saturated carbocycles. The normalized spacial score (nSPS) is 14.5. The molecule has 10 aromatic carbocycles. The summed E-state index contributed by atoms with van der Waals surface area (Å²) in [5.74, 6) is 0. The van der Waals surface area contributed by atoms with Gasteiger partial charge in [-0.2, -0.15) is 0 Å². The second-order valence-electron chi connectivity index (χ2n) is 15.6. The summed E-state index contributed by atoms with van der Waals surface area (Å²) in [6.45, 7) is 0. The fraction of sp³-hybridized carbons (Fsp3) is 0.0175. The maximum Gasteiger partial charge on any atom is 0.0747 e. The summed E-state index contributed by atoms with van der Waals surface area (Å²) >= 11 is 0. The van der Waals surface area contributed by atoms with Crippen molar-refractivity contribution in [2.24, 2.45) is 0 Å². The Hall–Kier alpha value is -7.68. The molecule has 0 aromatic heterocycles. The van der Waals surface area contributed by atoms with Gasteiger partial charge in [0.2, 0.25) is 0 Å². The highest BCUT2D eigenvalue weighted by Gasteiger charge is 2.54. The largest absolute Gasteiger partial charge is 0.310 e. The first-order valence-electron chi connectivity index (χ1n) is 20.4. The summed E-state index contributed by atoms with van der Waals surface area (Å²) in [5.41, 5.74) is 16.5. The van der Waals surface area contributed by atoms with Crippen molar-refractivity contribution in [1.29, 1.82) is 0 Å². The molecule has 0 saturated heterocycles. The van der Waals surface area contributed by atoms with E-state index in [0.717, 1.165) is 28.4 Å². The monoisotopic (exact) mass is 750 g/mol. The highest BCUT2D eigenvalue weighted by molar-refractivity contribution is 6.12. The van der Waals surface area contributed by atoms with E-state index in [1.165, 1.54) is 71.7 Å². The first kappa shape index (κ1) is 33.5. The summed E-state index contributed by atoms with van der Waals surface area (Å²) in [6, 6.07) is 84.9. The molecule has 0 N–H and O–H groups in total. The maximum absolute atomic E-state index is 2.51. The number of nitrogens with zero attached hydrogens (tertiary/aromatic N) is 2. The van der Waals surface area contributed by atoms with Crippen LogP contribution in [-0.2, 0) is 5.41 Å². The van der Waals surface area contributed by atoms with Gasteiger partial charge in [-0.05, 0) is 116 Å². The Labute approximate surface area is 344 Å². The maximum atomic E-state index is 2.51. The van der Waals surface area contributed by atoms with Crippen LogP contribution in [0.3, 0.4) is 0 Å². The van der Waals surface area contributed by atoms with E-state index in [9.17, 15) is 0 Å². The van der Waals surface area contributed by atoms with Crippen molar-refractivity contribution < 1.29 is 0 Å². The molecule has 59 heavy (non-hydrogen) atoms. The number of rotatable bonds is 6. The number of para-hydroxylation sites is 3. The van der Waals surface area contributed by atoms with Crippen LogP contribution >= 0.6 is 0 Å². The van der Waals surface area contributed by atoms with Gasteiger partial charge in [0.25, 0.3) is 0 Å². The molecule has 2 heteroatoms. The van der Waals surface area contributed by atoms with Gasteiger partial charge in [-0.1, -0.05) is 170 Å². The van der Waals surface area contributed by atoms with Gasteiger partial charge in [-0.25, -0.2) is 0 Å². The summed E-state index contributed by atoms with van der Waals surface area (Å²) in [5, 5.41) is 4.92. The van der Waals surface area contributed by atoms with Gasteiger partial charge < -0.3 is 9.80 Å². The van der Waals surface area contributed by atoms with E-state index < -0.39 is 5.41 Å². The van der Waals surface area contributed by atoms with Crippen molar-refractivity contribution in [2.45, 2.75) is 5.41 Å². The van der Waals surface area contributed by atoms with Crippen LogP contribution in [0.15, 0.2) is 231 Å². The van der Waals surface area contributed by atoms with Gasteiger partial charge in [0.15, 0.2) is 0 Å². The molecule has 276 valence electrons. The smallest absolute Gasteiger partial charge is 0.0747 e. The quantitative estimate of drug-likeness (QED) is 0.167. The third kappa shape index (κ3) is 4.87. The van der Waals surface area contributed by atoms with E-state index in [-0.39, 0.29) is 0 Å². The van der Waals surface area contributed by atoms with Gasteiger partial charge in [-0.15, -0.1) is 0 Å². The molecule has 10 aromatic rings. The van der Waals surface area contributed by atoms with Crippen LogP contribution in [0.1, 0.15) is 22.3 Å². The number of fused-ring (bicyclic) bond motifs is 13. The zero-order valence-electron chi connectivity index (χ0n) is 32.3. The Balaban J connectivity index is 1.24. The third-order valence-electron chi connectivity index (χ3n) is 12.6. The summed E-state index contributed by atoms with van der Waals surface area (Å²) < 4.78 is 0. The number of benzene rings is 10. The summed E-state index contributed by atoms with van der Waals surface area (Å²) in [4.78, 5) is 4.94. The molecule has 0 amide bonds. The molecule has 2 nitrogen and oxygen atoms in total. The van der Waals surface area contributed by atoms with Gasteiger partial charge in [-0.3, -0.25) is 0 Å². The molecular formula is C57H38N2. The lowest BCUT2D eigenvalue weighted by molar-refractivity contribution is 0.793. The van der Waals surface area contributed by atoms with Gasteiger partial charge >= 0.3 is 0 Å². The standard InChI is InChI=1S/C57H38N2/c1-4-22-42(23-5-1)58(43-24-6-2-7-25-43)52-34-18-33-51-55(52)48-30-15-17-32-50(48)57(51)49-31-16-14-29-47(49)54-46-28-13-12-21-41(46)38-53(56(54)57)59(44-26-8-3-9-27-44)45-36-35-39-19-10-11-20-40(39)37-45/h1-38H. The van der Waals surface area contributed by atoms with Crippen molar-refractivity contribution >= 4 is 55.7 Å². The molecule has 1 unspecified atom stereocenters. The van der Waals surface area contributed by atoms with E-state index in [2.05, 4.69) is 240 Å². The zero-order valence-corrected chi connectivity index (χ0v) is 32.3. The molecule has 12 rings (SSSR count). The minimum Gasteiger partial charge on any atom is -0.310 e. The Morgan fingerprint density at radius 1 is 0.288 bits per heavy atom. The fourth-order valence-electron chi connectivity index (χ4n) is 10.3. The molecule has 0 radical (unpaired) electrons. The Kier molecular flexibility index (Phi) is 7.48. The molecule has 2 aliphatic carbocycles. The number of hydrogen-bond acceptors (Lipinski definition) is 2. The average Bonchev–Trinajstić information content (AvgIpc) is 3.79. The van der Waals surface area contributed by atoms with Crippen LogP contribution in [0.5, 0.6) is 0 Å². The van der Waals surface area contributed by atoms with E-state index in [1.54, 1.807) is 0 Å². The minimum atomic E-state index is -0.629. The van der Waals surface area contributed by atoms with Crippen molar-refractivity contribution in [3.05, 3.63) is 253 Å². The average molecular weight is 751 g/mol. The molecule has 0 bridgehead atoms. The van der Waals surface area contributed by atoms with Crippen LogP contribution in [-0.4, -0.2) is 0 Å². The number of hydrogen-bond donors (Lipinski definition) is 0. The van der Waals surface area contributed by atoms with Gasteiger partial charge in [0.1, 0.15) is 0 Å². The van der Waals surface area contributed by atoms with E-state index in [1.807, 2.05) is 0 Å². The summed E-state index contributed by atoms with van der Waals surface area (Å²) in [7, 11) is 0. The Morgan fingerprint density at radius 3 is 1.42 bits per heavy atom. The second kappa shape index (κ2) is 13.2. The lowest BCUT2D eigenvalue weighted by atomic mass is 9.69. The molecule has 2 aliphatic rings. The Bertz CT molecular complexity index is 3190. The van der Waals surface area contributed by atoms with E-state index in [0.29, 0.717) is 0 Å². The van der Waals surface area contributed by atoms with Crippen LogP contribution in [0.4, 0.5) is 34.1 Å². The second-order valence-corrected chi connectivity index (χ2v) is 15.6. The SMILES string of the molecule is c1ccc(N(c2ccccc2)c2cccc3c2-c2ccccc2C32c3ccccc3-c3c2c(N(c2ccccc2)c2ccc4ccccc4c2)cc2ccccc32)cc1. The predicted molar refractivity (Wildman–Crippen MR) is 247 cm³/mol. The first-order chi connectivity index (χ1) is 29.3. The van der Waals surface area contributed by atoms with Crippen LogP contribution in [0, 0.1) is 0 Å². The fourth-order valence-corrected chi connectivity index (χ4v) is 10.3. The van der Waals surface area contributed by atoms with Crippen molar-refractivity contribution in [3.63, 3.8) is 0 Å². The first-order valence-corrected chi connectivity index (χ1v) is 20.4. The highest BCUT2D eigenvalue weighted by Crippen LogP contribution is 2.68. The van der Waals surface area contributed by atoms with E-state index in [4.69, 9.17) is 0 Å². The molecule has 1 atom stereocenters. The topological polar surface area (TPSA) is 6.48 Å². The lowest BCUT2D eigenvalue weighted by Crippen LogP contribution is -2.28. The lowest BCUT2D eigenvalue weighted by Gasteiger charge is -2.36. The summed E-state index contributed by atoms with van der Waals surface area (Å²) in [6.07, 6.45) is 0. The molecule has 0 heterocycles. The molecule has 0 fully saturated rings. The van der Waals surface area contributed by atoms with Crippen molar-refractivity contribution in [2.75, 3.05) is 9.80 Å². The predicted octanol–water partition coefficient (Wildman–Crippen LogP) is 15.3. The zero-order chi connectivity index (χ0) is 38.9. The highest BCUT2D eigenvalue weighted by atomic mass is 15.2. The van der Waals surface area contributed by atoms with Crippen molar-refractivity contribution in [1.82, 2.24) is 0 Å². The van der Waals surface area contributed by atoms with Crippen LogP contribution in [0.2, 0.25) is 0 Å². The van der Waals surface area contributed by atoms with Gasteiger partial charge in [0, 0.05) is 33.9 Å². The third-order valence-corrected chi connectivity index (χ3v) is 12.6. The molecular weight excluding hydrogens is 713 g/mol.